The van der Waals surface area contributed by atoms with Crippen molar-refractivity contribution in [1.82, 2.24) is 24.3 Å². The second-order valence-electron chi connectivity index (χ2n) is 9.27. The largest absolute Gasteiger partial charge is 0.478 e. The molecular weight excluding hydrogens is 544 g/mol. The topological polar surface area (TPSA) is 102 Å². The molecule has 4 aromatic rings. The molecular formula is C28H24F4N6O3. The first-order valence-corrected chi connectivity index (χ1v) is 12.7. The number of carbonyl (C=O) groups is 2. The number of nitrogens with one attached hydrogen (secondary N) is 1. The average molecular weight is 569 g/mol. The van der Waals surface area contributed by atoms with E-state index in [0.717, 1.165) is 18.3 Å². The highest BCUT2D eigenvalue weighted by molar-refractivity contribution is 6.04. The van der Waals surface area contributed by atoms with Gasteiger partial charge in [0.1, 0.15) is 23.2 Å². The van der Waals surface area contributed by atoms with E-state index >= 15 is 4.39 Å². The molecule has 1 aliphatic rings. The SMILES string of the molecule is C=CC(=O)N1CCC(c2nc(-c3ccc(C(=O)Nc4cc(C(F)(F)F)ccn4)cc3F)c3cncc(OCC)n23)C1. The number of hydrogen-bond acceptors (Lipinski definition) is 6. The minimum Gasteiger partial charge on any atom is -0.478 e. The Labute approximate surface area is 231 Å². The van der Waals surface area contributed by atoms with Gasteiger partial charge in [-0.1, -0.05) is 6.58 Å². The number of nitrogens with zero attached hydrogens (tertiary/aromatic N) is 5. The molecule has 0 aliphatic carbocycles. The predicted octanol–water partition coefficient (Wildman–Crippen LogP) is 5.10. The maximum absolute atomic E-state index is 15.5. The van der Waals surface area contributed by atoms with Crippen LogP contribution in [-0.4, -0.2) is 55.8 Å². The molecule has 1 unspecified atom stereocenters. The van der Waals surface area contributed by atoms with Gasteiger partial charge < -0.3 is 15.0 Å². The second-order valence-corrected chi connectivity index (χ2v) is 9.27. The summed E-state index contributed by atoms with van der Waals surface area (Å²) >= 11 is 0. The third-order valence-corrected chi connectivity index (χ3v) is 6.69. The van der Waals surface area contributed by atoms with Crippen molar-refractivity contribution in [2.75, 3.05) is 25.0 Å². The molecule has 41 heavy (non-hydrogen) atoms. The zero-order valence-corrected chi connectivity index (χ0v) is 21.8. The van der Waals surface area contributed by atoms with Gasteiger partial charge in [0.25, 0.3) is 5.91 Å². The minimum absolute atomic E-state index is 0.0787. The summed E-state index contributed by atoms with van der Waals surface area (Å²) in [5, 5.41) is 2.27. The fourth-order valence-electron chi connectivity index (χ4n) is 4.77. The molecule has 1 atom stereocenters. The molecule has 1 fully saturated rings. The molecule has 13 heteroatoms. The number of alkyl halides is 3. The Morgan fingerprint density at radius 2 is 2.02 bits per heavy atom. The maximum Gasteiger partial charge on any atom is 0.416 e. The van der Waals surface area contributed by atoms with Crippen LogP contribution in [-0.2, 0) is 11.0 Å². The quantitative estimate of drug-likeness (QED) is 0.246. The second kappa shape index (κ2) is 11.0. The van der Waals surface area contributed by atoms with E-state index in [1.54, 1.807) is 9.30 Å². The summed E-state index contributed by atoms with van der Waals surface area (Å²) in [6, 6.07) is 5.15. The molecule has 1 N–H and O–H groups in total. The molecule has 4 heterocycles. The standard InChI is InChI=1S/C28H24F4N6O3/c1-3-23(39)37-10-8-17(15-37)26-36-25(21-13-33-14-24(38(21)26)41-4-2)19-6-5-16(11-20(19)29)27(40)35-22-12-18(7-9-34-22)28(30,31)32/h3,5-7,9,11-14,17H,1,4,8,10,15H2,2H3,(H,34,35,40). The Bertz CT molecular complexity index is 1650. The lowest BCUT2D eigenvalue weighted by molar-refractivity contribution is -0.137. The number of carbonyl (C=O) groups excluding carboxylic acids is 2. The lowest BCUT2D eigenvalue weighted by atomic mass is 10.1. The summed E-state index contributed by atoms with van der Waals surface area (Å²) in [5.41, 5.74) is -0.312. The highest BCUT2D eigenvalue weighted by Crippen LogP contribution is 2.36. The zero-order valence-electron chi connectivity index (χ0n) is 21.8. The number of ether oxygens (including phenoxy) is 1. The van der Waals surface area contributed by atoms with E-state index in [0.29, 0.717) is 49.4 Å². The number of amides is 2. The van der Waals surface area contributed by atoms with Crippen LogP contribution in [0.5, 0.6) is 5.88 Å². The Balaban J connectivity index is 1.49. The van der Waals surface area contributed by atoms with E-state index < -0.39 is 23.5 Å². The summed E-state index contributed by atoms with van der Waals surface area (Å²) in [6.07, 6.45) is 1.23. The lowest BCUT2D eigenvalue weighted by Crippen LogP contribution is -2.26. The van der Waals surface area contributed by atoms with Crippen LogP contribution in [0.3, 0.4) is 0 Å². The number of benzene rings is 1. The van der Waals surface area contributed by atoms with Gasteiger partial charge in [0.15, 0.2) is 0 Å². The molecule has 5 rings (SSSR count). The smallest absolute Gasteiger partial charge is 0.416 e. The molecule has 0 radical (unpaired) electrons. The van der Waals surface area contributed by atoms with Crippen molar-refractivity contribution < 1.29 is 31.9 Å². The van der Waals surface area contributed by atoms with Gasteiger partial charge in [0.2, 0.25) is 11.8 Å². The minimum atomic E-state index is -4.61. The molecule has 1 saturated heterocycles. The first-order valence-electron chi connectivity index (χ1n) is 12.7. The van der Waals surface area contributed by atoms with E-state index in [1.165, 1.54) is 30.6 Å². The van der Waals surface area contributed by atoms with Crippen LogP contribution in [0.4, 0.5) is 23.4 Å². The normalized spacial score (nSPS) is 15.2. The predicted molar refractivity (Wildman–Crippen MR) is 141 cm³/mol. The van der Waals surface area contributed by atoms with Gasteiger partial charge >= 0.3 is 6.18 Å². The Morgan fingerprint density at radius 3 is 2.73 bits per heavy atom. The molecule has 2 amide bonds. The van der Waals surface area contributed by atoms with Gasteiger partial charge in [-0.2, -0.15) is 13.2 Å². The van der Waals surface area contributed by atoms with Crippen molar-refractivity contribution >= 4 is 23.1 Å². The van der Waals surface area contributed by atoms with Gasteiger partial charge in [0.05, 0.1) is 30.1 Å². The van der Waals surface area contributed by atoms with Gasteiger partial charge in [-0.15, -0.1) is 0 Å². The van der Waals surface area contributed by atoms with Gasteiger partial charge in [0, 0.05) is 36.3 Å². The third kappa shape index (κ3) is 5.47. The fraction of sp³-hybridized carbons (Fsp3) is 0.250. The first kappa shape index (κ1) is 27.7. The molecule has 0 bridgehead atoms. The Kier molecular flexibility index (Phi) is 7.43. The van der Waals surface area contributed by atoms with Crippen molar-refractivity contribution in [3.63, 3.8) is 0 Å². The molecule has 1 aromatic carbocycles. The van der Waals surface area contributed by atoms with Crippen molar-refractivity contribution in [3.8, 4) is 17.1 Å². The zero-order chi connectivity index (χ0) is 29.3. The van der Waals surface area contributed by atoms with Crippen LogP contribution in [0.1, 0.15) is 41.0 Å². The lowest BCUT2D eigenvalue weighted by Gasteiger charge is -2.14. The van der Waals surface area contributed by atoms with Crippen LogP contribution >= 0.6 is 0 Å². The van der Waals surface area contributed by atoms with E-state index in [-0.39, 0.29) is 34.5 Å². The van der Waals surface area contributed by atoms with Crippen molar-refractivity contribution in [3.05, 3.63) is 84.3 Å². The average Bonchev–Trinajstić information content (AvgIpc) is 3.58. The number of aromatic nitrogens is 4. The third-order valence-electron chi connectivity index (χ3n) is 6.69. The number of pyridine rings is 1. The van der Waals surface area contributed by atoms with E-state index in [4.69, 9.17) is 9.72 Å². The monoisotopic (exact) mass is 568 g/mol. The highest BCUT2D eigenvalue weighted by atomic mass is 19.4. The van der Waals surface area contributed by atoms with Gasteiger partial charge in [-0.25, -0.2) is 14.4 Å². The number of hydrogen-bond donors (Lipinski definition) is 1. The number of anilines is 1. The summed E-state index contributed by atoms with van der Waals surface area (Å²) in [7, 11) is 0. The molecule has 1 aliphatic heterocycles. The Morgan fingerprint density at radius 1 is 1.22 bits per heavy atom. The van der Waals surface area contributed by atoms with Crippen LogP contribution < -0.4 is 10.1 Å². The summed E-state index contributed by atoms with van der Waals surface area (Å²) in [6.45, 7) is 6.60. The van der Waals surface area contributed by atoms with E-state index in [1.807, 2.05) is 6.92 Å². The fourth-order valence-corrected chi connectivity index (χ4v) is 4.77. The number of likely N-dealkylation sites (tertiary alicyclic amines) is 1. The maximum atomic E-state index is 15.5. The molecule has 0 saturated carbocycles. The first-order chi connectivity index (χ1) is 19.6. The van der Waals surface area contributed by atoms with Gasteiger partial charge in [-0.05, 0) is 49.8 Å². The highest BCUT2D eigenvalue weighted by Gasteiger charge is 2.32. The van der Waals surface area contributed by atoms with Crippen molar-refractivity contribution in [1.29, 1.82) is 0 Å². The van der Waals surface area contributed by atoms with Gasteiger partial charge in [-0.3, -0.25) is 19.0 Å². The molecule has 3 aromatic heterocycles. The van der Waals surface area contributed by atoms with Crippen LogP contribution in [0.2, 0.25) is 0 Å². The van der Waals surface area contributed by atoms with Crippen molar-refractivity contribution in [2.24, 2.45) is 0 Å². The van der Waals surface area contributed by atoms with E-state index in [2.05, 4.69) is 21.9 Å². The Hall–Kier alpha value is -4.81. The number of rotatable bonds is 7. The number of imidazole rings is 1. The van der Waals surface area contributed by atoms with Crippen LogP contribution in [0.15, 0.2) is 61.6 Å². The molecule has 0 spiro atoms. The molecule has 9 nitrogen and oxygen atoms in total. The van der Waals surface area contributed by atoms with Crippen LogP contribution in [0.25, 0.3) is 16.8 Å². The number of halogens is 4. The summed E-state index contributed by atoms with van der Waals surface area (Å²) < 4.78 is 62.1. The summed E-state index contributed by atoms with van der Waals surface area (Å²) in [5.74, 6) is -1.34. The number of fused-ring (bicyclic) bond motifs is 1. The van der Waals surface area contributed by atoms with E-state index in [9.17, 15) is 22.8 Å². The summed E-state index contributed by atoms with van der Waals surface area (Å²) in [4.78, 5) is 39.3. The van der Waals surface area contributed by atoms with Crippen LogP contribution in [0, 0.1) is 5.82 Å². The molecule has 212 valence electrons. The van der Waals surface area contributed by atoms with Crippen molar-refractivity contribution in [2.45, 2.75) is 25.4 Å².